The molecule has 8 heteroatoms. The van der Waals surface area contributed by atoms with Gasteiger partial charge in [-0.25, -0.2) is 8.78 Å². The summed E-state index contributed by atoms with van der Waals surface area (Å²) in [5.41, 5.74) is 1.69. The van der Waals surface area contributed by atoms with E-state index < -0.39 is 23.3 Å². The van der Waals surface area contributed by atoms with Gasteiger partial charge >= 0.3 is 6.18 Å². The molecule has 0 amide bonds. The number of pyridine rings is 1. The van der Waals surface area contributed by atoms with Gasteiger partial charge in [0.05, 0.1) is 16.9 Å². The lowest BCUT2D eigenvalue weighted by Gasteiger charge is -2.29. The van der Waals surface area contributed by atoms with E-state index >= 15 is 4.39 Å². The monoisotopic (exact) mass is 507 g/mol. The maximum Gasteiger partial charge on any atom is 0.406 e. The van der Waals surface area contributed by atoms with Gasteiger partial charge in [-0.1, -0.05) is 32.3 Å². The smallest absolute Gasteiger partial charge is 0.333 e. The van der Waals surface area contributed by atoms with E-state index in [1.165, 1.54) is 13.0 Å². The van der Waals surface area contributed by atoms with E-state index in [9.17, 15) is 17.6 Å². The van der Waals surface area contributed by atoms with Crippen molar-refractivity contribution in [3.05, 3.63) is 52.7 Å². The molecule has 0 bridgehead atoms. The Morgan fingerprint density at radius 1 is 1.08 bits per heavy atom. The first-order valence-corrected chi connectivity index (χ1v) is 12.7. The number of hydrogen-bond donors (Lipinski definition) is 1. The van der Waals surface area contributed by atoms with Crippen LogP contribution >= 0.6 is 0 Å². The number of aryl methyl sites for hydroxylation is 1. The van der Waals surface area contributed by atoms with Gasteiger partial charge in [0.1, 0.15) is 11.4 Å². The Morgan fingerprint density at radius 2 is 1.78 bits per heavy atom. The molecule has 1 fully saturated rings. The summed E-state index contributed by atoms with van der Waals surface area (Å²) in [7, 11) is 0. The average Bonchev–Trinajstić information content (AvgIpc) is 3.44. The lowest BCUT2D eigenvalue weighted by Crippen LogP contribution is -2.52. The minimum absolute atomic E-state index is 0.0198. The van der Waals surface area contributed by atoms with Crippen molar-refractivity contribution in [1.29, 1.82) is 0 Å². The van der Waals surface area contributed by atoms with Crippen LogP contribution in [0.25, 0.3) is 22.3 Å². The van der Waals surface area contributed by atoms with Crippen LogP contribution in [0.15, 0.2) is 24.4 Å². The molecule has 1 N–H and O–H groups in total. The second kappa shape index (κ2) is 10.1. The molecule has 2 aromatic heterocycles. The summed E-state index contributed by atoms with van der Waals surface area (Å²) in [5, 5.41) is 3.17. The van der Waals surface area contributed by atoms with Crippen LogP contribution in [0.5, 0.6) is 0 Å². The second-order valence-corrected chi connectivity index (χ2v) is 10.4. The first-order chi connectivity index (χ1) is 17.0. The zero-order chi connectivity index (χ0) is 26.3. The van der Waals surface area contributed by atoms with Crippen LogP contribution in [-0.2, 0) is 12.8 Å². The van der Waals surface area contributed by atoms with E-state index in [1.807, 2.05) is 23.6 Å². The number of fused-ring (bicyclic) bond motifs is 1. The molecule has 1 aliphatic rings. The summed E-state index contributed by atoms with van der Waals surface area (Å²) < 4.78 is 71.5. The normalized spacial score (nSPS) is 15.4. The topological polar surface area (TPSA) is 29.9 Å². The molecule has 0 saturated heterocycles. The minimum Gasteiger partial charge on any atom is -0.333 e. The average molecular weight is 508 g/mol. The van der Waals surface area contributed by atoms with Crippen LogP contribution < -0.4 is 5.32 Å². The standard InChI is InChI=1S/C28H34F5N3/c1-5-8-20-21-15-22(29)17(2)24(30)26(21)36(19-9-6-7-10-19)25(20)23-12-11-18(16-34-23)13-14-35-27(3,4)28(31,32)33/h11-12,15-16,19,35H,5-10,13-14H2,1-4H3. The summed E-state index contributed by atoms with van der Waals surface area (Å²) in [4.78, 5) is 4.67. The molecule has 196 valence electrons. The second-order valence-electron chi connectivity index (χ2n) is 10.4. The summed E-state index contributed by atoms with van der Waals surface area (Å²) in [6.07, 6.45) is 3.16. The van der Waals surface area contributed by atoms with Crippen molar-refractivity contribution in [2.45, 2.75) is 90.4 Å². The van der Waals surface area contributed by atoms with Gasteiger partial charge in [0.25, 0.3) is 0 Å². The predicted molar refractivity (Wildman–Crippen MR) is 133 cm³/mol. The van der Waals surface area contributed by atoms with Crippen LogP contribution in [0.3, 0.4) is 0 Å². The maximum absolute atomic E-state index is 15.5. The number of rotatable bonds is 8. The van der Waals surface area contributed by atoms with Gasteiger partial charge < -0.3 is 9.88 Å². The minimum atomic E-state index is -4.34. The number of benzene rings is 1. The van der Waals surface area contributed by atoms with Crippen molar-refractivity contribution >= 4 is 10.9 Å². The Hall–Kier alpha value is -2.48. The van der Waals surface area contributed by atoms with E-state index in [-0.39, 0.29) is 18.2 Å². The molecule has 0 atom stereocenters. The lowest BCUT2D eigenvalue weighted by molar-refractivity contribution is -0.185. The van der Waals surface area contributed by atoms with Gasteiger partial charge in [0.15, 0.2) is 5.82 Å². The van der Waals surface area contributed by atoms with E-state index in [1.54, 1.807) is 6.20 Å². The molecule has 36 heavy (non-hydrogen) atoms. The Kier molecular flexibility index (Phi) is 7.47. The van der Waals surface area contributed by atoms with Gasteiger partial charge in [-0.15, -0.1) is 0 Å². The van der Waals surface area contributed by atoms with Crippen molar-refractivity contribution < 1.29 is 22.0 Å². The lowest BCUT2D eigenvalue weighted by atomic mass is 10.0. The van der Waals surface area contributed by atoms with Crippen LogP contribution in [0.1, 0.15) is 75.6 Å². The maximum atomic E-state index is 15.5. The van der Waals surface area contributed by atoms with Gasteiger partial charge in [0.2, 0.25) is 0 Å². The van der Waals surface area contributed by atoms with E-state index in [0.29, 0.717) is 29.4 Å². The summed E-state index contributed by atoms with van der Waals surface area (Å²) in [6.45, 7) is 5.90. The van der Waals surface area contributed by atoms with Crippen molar-refractivity contribution in [2.75, 3.05) is 6.54 Å². The Morgan fingerprint density at radius 3 is 2.36 bits per heavy atom. The predicted octanol–water partition coefficient (Wildman–Crippen LogP) is 7.83. The van der Waals surface area contributed by atoms with Crippen LogP contribution in [-0.4, -0.2) is 27.8 Å². The van der Waals surface area contributed by atoms with Crippen molar-refractivity contribution in [3.63, 3.8) is 0 Å². The Labute approximate surface area is 209 Å². The molecule has 1 aliphatic carbocycles. The molecule has 0 unspecified atom stereocenters. The largest absolute Gasteiger partial charge is 0.406 e. The zero-order valence-electron chi connectivity index (χ0n) is 21.3. The number of halogens is 5. The molecule has 1 aromatic carbocycles. The Balaban J connectivity index is 1.74. The van der Waals surface area contributed by atoms with E-state index in [0.717, 1.165) is 62.8 Å². The Bertz CT molecular complexity index is 1220. The first kappa shape index (κ1) is 26.6. The summed E-state index contributed by atoms with van der Waals surface area (Å²) >= 11 is 0. The fraction of sp³-hybridized carbons (Fsp3) is 0.536. The SMILES string of the molecule is CCCc1c(-c2ccc(CCNC(C)(C)C(F)(F)F)cn2)n(C2CCCC2)c2c(F)c(C)c(F)cc12. The number of hydrogen-bond acceptors (Lipinski definition) is 2. The molecule has 0 spiro atoms. The molecule has 3 aromatic rings. The molecular weight excluding hydrogens is 473 g/mol. The third-order valence-electron chi connectivity index (χ3n) is 7.46. The molecule has 2 heterocycles. The summed E-state index contributed by atoms with van der Waals surface area (Å²) in [5.74, 6) is -1.07. The number of aromatic nitrogens is 2. The van der Waals surface area contributed by atoms with Crippen LogP contribution in [0.4, 0.5) is 22.0 Å². The van der Waals surface area contributed by atoms with Crippen molar-refractivity contribution in [1.82, 2.24) is 14.9 Å². The number of nitrogens with one attached hydrogen (secondary N) is 1. The third kappa shape index (κ3) is 4.89. The van der Waals surface area contributed by atoms with Gasteiger partial charge in [-0.2, -0.15) is 13.2 Å². The highest BCUT2D eigenvalue weighted by atomic mass is 19.4. The van der Waals surface area contributed by atoms with E-state index in [2.05, 4.69) is 10.3 Å². The quantitative estimate of drug-likeness (QED) is 0.315. The van der Waals surface area contributed by atoms with Gasteiger partial charge in [0, 0.05) is 29.7 Å². The number of nitrogens with zero attached hydrogens (tertiary/aromatic N) is 2. The fourth-order valence-corrected chi connectivity index (χ4v) is 5.20. The molecule has 1 saturated carbocycles. The first-order valence-electron chi connectivity index (χ1n) is 12.7. The summed E-state index contributed by atoms with van der Waals surface area (Å²) in [6, 6.07) is 5.28. The molecule has 0 radical (unpaired) electrons. The van der Waals surface area contributed by atoms with Crippen molar-refractivity contribution in [3.8, 4) is 11.4 Å². The molecular formula is C28H34F5N3. The fourth-order valence-electron chi connectivity index (χ4n) is 5.20. The van der Waals surface area contributed by atoms with Gasteiger partial charge in [-0.3, -0.25) is 4.98 Å². The van der Waals surface area contributed by atoms with Gasteiger partial charge in [-0.05, 0) is 69.7 Å². The highest BCUT2D eigenvalue weighted by molar-refractivity contribution is 5.92. The molecule has 0 aliphatic heterocycles. The highest BCUT2D eigenvalue weighted by Crippen LogP contribution is 2.43. The highest BCUT2D eigenvalue weighted by Gasteiger charge is 2.46. The van der Waals surface area contributed by atoms with Crippen molar-refractivity contribution in [2.24, 2.45) is 0 Å². The zero-order valence-corrected chi connectivity index (χ0v) is 21.3. The van der Waals surface area contributed by atoms with Crippen LogP contribution in [0.2, 0.25) is 0 Å². The van der Waals surface area contributed by atoms with E-state index in [4.69, 9.17) is 0 Å². The third-order valence-corrected chi connectivity index (χ3v) is 7.46. The molecule has 3 nitrogen and oxygen atoms in total. The number of alkyl halides is 3. The van der Waals surface area contributed by atoms with Crippen LogP contribution in [0, 0.1) is 18.6 Å². The molecule has 4 rings (SSSR count).